The third kappa shape index (κ3) is 4.12. The third-order valence-corrected chi connectivity index (χ3v) is 3.05. The summed E-state index contributed by atoms with van der Waals surface area (Å²) in [7, 11) is 0. The van der Waals surface area contributed by atoms with Gasteiger partial charge in [0, 0.05) is 31.0 Å². The molecule has 0 aromatic rings. The van der Waals surface area contributed by atoms with Gasteiger partial charge in [-0.3, -0.25) is 0 Å². The molecule has 2 nitrogen and oxygen atoms in total. The first-order valence-electron chi connectivity index (χ1n) is 4.58. The van der Waals surface area contributed by atoms with Gasteiger partial charge in [0.2, 0.25) is 0 Å². The molecule has 0 bridgehead atoms. The van der Waals surface area contributed by atoms with Gasteiger partial charge in [-0.05, 0) is 19.9 Å². The predicted octanol–water partition coefficient (Wildman–Crippen LogP) is 1.40. The van der Waals surface area contributed by atoms with Crippen LogP contribution in [0.5, 0.6) is 0 Å². The Labute approximate surface area is 78.7 Å². The Balaban J connectivity index is 2.01. The molecule has 1 aliphatic rings. The zero-order valence-corrected chi connectivity index (χ0v) is 8.53. The highest BCUT2D eigenvalue weighted by molar-refractivity contribution is 7.99. The predicted molar refractivity (Wildman–Crippen MR) is 53.7 cm³/mol. The van der Waals surface area contributed by atoms with Crippen LogP contribution in [0.4, 0.5) is 0 Å². The largest absolute Gasteiger partial charge is 0.302 e. The van der Waals surface area contributed by atoms with Crippen LogP contribution >= 0.6 is 11.8 Å². The molecule has 0 N–H and O–H groups in total. The van der Waals surface area contributed by atoms with Crippen LogP contribution in [0.3, 0.4) is 0 Å². The second-order valence-electron chi connectivity index (χ2n) is 3.26. The molecule has 1 fully saturated rings. The normalized spacial score (nSPS) is 19.4. The fourth-order valence-electron chi connectivity index (χ4n) is 1.38. The van der Waals surface area contributed by atoms with Crippen molar-refractivity contribution in [1.29, 1.82) is 0 Å². The molecule has 0 unspecified atom stereocenters. The summed E-state index contributed by atoms with van der Waals surface area (Å²) in [6.45, 7) is 5.21. The van der Waals surface area contributed by atoms with Crippen LogP contribution in [-0.2, 0) is 4.79 Å². The number of hydrogen-bond acceptors (Lipinski definition) is 3. The minimum absolute atomic E-state index is 0.321. The fraction of sp³-hybridized carbons (Fsp3) is 0.889. The number of hydrogen-bond donors (Lipinski definition) is 0. The van der Waals surface area contributed by atoms with Gasteiger partial charge in [0.25, 0.3) is 0 Å². The summed E-state index contributed by atoms with van der Waals surface area (Å²) >= 11 is 2.03. The van der Waals surface area contributed by atoms with Crippen molar-refractivity contribution in [3.8, 4) is 0 Å². The number of Topliss-reactive ketones (excluding diaryl/α,β-unsaturated/α-hetero) is 1. The molecule has 70 valence electrons. The first kappa shape index (κ1) is 10.1. The van der Waals surface area contributed by atoms with Gasteiger partial charge in [-0.25, -0.2) is 0 Å². The highest BCUT2D eigenvalue weighted by Crippen LogP contribution is 2.09. The second kappa shape index (κ2) is 5.60. The van der Waals surface area contributed by atoms with Crippen molar-refractivity contribution < 1.29 is 4.79 Å². The molecule has 1 rings (SSSR count). The molecule has 0 atom stereocenters. The lowest BCUT2D eigenvalue weighted by atomic mass is 10.2. The molecule has 0 aromatic carbocycles. The molecule has 0 saturated carbocycles. The Kier molecular flexibility index (Phi) is 4.69. The lowest BCUT2D eigenvalue weighted by Gasteiger charge is -2.25. The molecule has 1 saturated heterocycles. The SMILES string of the molecule is CC(=O)CCCN1CCSCC1. The highest BCUT2D eigenvalue weighted by Gasteiger charge is 2.09. The van der Waals surface area contributed by atoms with E-state index < -0.39 is 0 Å². The van der Waals surface area contributed by atoms with Crippen LogP contribution in [0, 0.1) is 0 Å². The number of thioether (sulfide) groups is 1. The summed E-state index contributed by atoms with van der Waals surface area (Å²) in [6.07, 6.45) is 1.80. The molecule has 1 heterocycles. The van der Waals surface area contributed by atoms with Gasteiger partial charge >= 0.3 is 0 Å². The van der Waals surface area contributed by atoms with Crippen molar-refractivity contribution >= 4 is 17.5 Å². The topological polar surface area (TPSA) is 20.3 Å². The van der Waals surface area contributed by atoms with Crippen molar-refractivity contribution in [1.82, 2.24) is 4.90 Å². The molecular formula is C9H17NOS. The number of nitrogens with zero attached hydrogens (tertiary/aromatic N) is 1. The maximum Gasteiger partial charge on any atom is 0.129 e. The number of carbonyl (C=O) groups is 1. The number of ketones is 1. The van der Waals surface area contributed by atoms with Crippen LogP contribution in [0.2, 0.25) is 0 Å². The molecule has 0 radical (unpaired) electrons. The van der Waals surface area contributed by atoms with E-state index in [9.17, 15) is 4.79 Å². The summed E-state index contributed by atoms with van der Waals surface area (Å²) in [5, 5.41) is 0. The van der Waals surface area contributed by atoms with E-state index in [0.717, 1.165) is 19.4 Å². The van der Waals surface area contributed by atoms with E-state index in [4.69, 9.17) is 0 Å². The van der Waals surface area contributed by atoms with Crippen LogP contribution in [0.25, 0.3) is 0 Å². The van der Waals surface area contributed by atoms with Crippen LogP contribution in [0.15, 0.2) is 0 Å². The van der Waals surface area contributed by atoms with Crippen molar-refractivity contribution in [2.75, 3.05) is 31.1 Å². The minimum atomic E-state index is 0.321. The van der Waals surface area contributed by atoms with Crippen LogP contribution < -0.4 is 0 Å². The van der Waals surface area contributed by atoms with E-state index >= 15 is 0 Å². The van der Waals surface area contributed by atoms with Crippen molar-refractivity contribution in [3.63, 3.8) is 0 Å². The second-order valence-corrected chi connectivity index (χ2v) is 4.48. The van der Waals surface area contributed by atoms with Gasteiger partial charge in [-0.2, -0.15) is 11.8 Å². The van der Waals surface area contributed by atoms with Gasteiger partial charge in [-0.1, -0.05) is 0 Å². The lowest BCUT2D eigenvalue weighted by molar-refractivity contribution is -0.117. The third-order valence-electron chi connectivity index (χ3n) is 2.11. The average Bonchev–Trinajstić information content (AvgIpc) is 2.05. The molecule has 0 aliphatic carbocycles. The van der Waals surface area contributed by atoms with Crippen molar-refractivity contribution in [2.24, 2.45) is 0 Å². The van der Waals surface area contributed by atoms with E-state index in [1.54, 1.807) is 6.92 Å². The Hall–Kier alpha value is -0.0200. The van der Waals surface area contributed by atoms with E-state index in [0.29, 0.717) is 5.78 Å². The fourth-order valence-corrected chi connectivity index (χ4v) is 2.36. The van der Waals surface area contributed by atoms with Gasteiger partial charge in [0.15, 0.2) is 0 Å². The molecular weight excluding hydrogens is 170 g/mol. The van der Waals surface area contributed by atoms with Gasteiger partial charge in [0.05, 0.1) is 0 Å². The Morgan fingerprint density at radius 3 is 2.67 bits per heavy atom. The van der Waals surface area contributed by atoms with Crippen molar-refractivity contribution in [3.05, 3.63) is 0 Å². The maximum atomic E-state index is 10.7. The number of rotatable bonds is 4. The van der Waals surface area contributed by atoms with Gasteiger partial charge < -0.3 is 9.69 Å². The summed E-state index contributed by atoms with van der Waals surface area (Å²) in [4.78, 5) is 13.1. The lowest BCUT2D eigenvalue weighted by Crippen LogP contribution is -2.33. The highest BCUT2D eigenvalue weighted by atomic mass is 32.2. The Bertz CT molecular complexity index is 143. The van der Waals surface area contributed by atoms with Crippen LogP contribution in [0.1, 0.15) is 19.8 Å². The summed E-state index contributed by atoms with van der Waals surface area (Å²) in [6, 6.07) is 0. The molecule has 0 amide bonds. The summed E-state index contributed by atoms with van der Waals surface area (Å²) < 4.78 is 0. The molecule has 0 aromatic heterocycles. The monoisotopic (exact) mass is 187 g/mol. The van der Waals surface area contributed by atoms with E-state index in [2.05, 4.69) is 4.90 Å². The zero-order chi connectivity index (χ0) is 8.81. The molecule has 12 heavy (non-hydrogen) atoms. The standard InChI is InChI=1S/C9H17NOS/c1-9(11)3-2-4-10-5-7-12-8-6-10/h2-8H2,1H3. The average molecular weight is 187 g/mol. The van der Waals surface area contributed by atoms with Crippen molar-refractivity contribution in [2.45, 2.75) is 19.8 Å². The van der Waals surface area contributed by atoms with Gasteiger partial charge in [0.1, 0.15) is 5.78 Å². The molecule has 3 heteroatoms. The first-order chi connectivity index (χ1) is 5.79. The van der Waals surface area contributed by atoms with Crippen LogP contribution in [-0.4, -0.2) is 41.8 Å². The zero-order valence-electron chi connectivity index (χ0n) is 7.71. The Morgan fingerprint density at radius 2 is 2.08 bits per heavy atom. The van der Waals surface area contributed by atoms with E-state index in [1.165, 1.54) is 24.6 Å². The van der Waals surface area contributed by atoms with E-state index in [-0.39, 0.29) is 0 Å². The summed E-state index contributed by atoms with van der Waals surface area (Å²) in [5.74, 6) is 2.85. The molecule has 0 spiro atoms. The maximum absolute atomic E-state index is 10.7. The minimum Gasteiger partial charge on any atom is -0.302 e. The quantitative estimate of drug-likeness (QED) is 0.663. The Morgan fingerprint density at radius 1 is 1.42 bits per heavy atom. The number of carbonyl (C=O) groups excluding carboxylic acids is 1. The molecule has 1 aliphatic heterocycles. The summed E-state index contributed by atoms with van der Waals surface area (Å²) in [5.41, 5.74) is 0. The smallest absolute Gasteiger partial charge is 0.129 e. The van der Waals surface area contributed by atoms with Gasteiger partial charge in [-0.15, -0.1) is 0 Å². The van der Waals surface area contributed by atoms with E-state index in [1.807, 2.05) is 11.8 Å². The first-order valence-corrected chi connectivity index (χ1v) is 5.74.